The highest BCUT2D eigenvalue weighted by molar-refractivity contribution is 14.0. The van der Waals surface area contributed by atoms with E-state index in [4.69, 9.17) is 18.9 Å². The Morgan fingerprint density at radius 1 is 0.960 bits per heavy atom. The van der Waals surface area contributed by atoms with Gasteiger partial charge in [0.1, 0.15) is 0 Å². The van der Waals surface area contributed by atoms with Crippen LogP contribution in [0, 0.1) is 0 Å². The van der Waals surface area contributed by atoms with Crippen molar-refractivity contribution in [1.29, 1.82) is 0 Å². The molecule has 0 bridgehead atoms. The second-order valence-corrected chi connectivity index (χ2v) is 5.02. The van der Waals surface area contributed by atoms with Gasteiger partial charge >= 0.3 is 0 Å². The van der Waals surface area contributed by atoms with Crippen LogP contribution in [0.15, 0.2) is 17.1 Å². The van der Waals surface area contributed by atoms with Gasteiger partial charge in [0, 0.05) is 39.4 Å². The van der Waals surface area contributed by atoms with Crippen LogP contribution in [0.2, 0.25) is 0 Å². The lowest BCUT2D eigenvalue weighted by molar-refractivity contribution is 0.195. The van der Waals surface area contributed by atoms with Crippen LogP contribution in [0.1, 0.15) is 12.0 Å². The Hall–Kier alpha value is -1.42. The first kappa shape index (κ1) is 23.6. The molecule has 0 amide bonds. The van der Waals surface area contributed by atoms with Crippen LogP contribution in [0.4, 0.5) is 0 Å². The number of ether oxygens (including phenoxy) is 4. The molecular weight excluding hydrogens is 437 g/mol. The van der Waals surface area contributed by atoms with E-state index in [1.54, 1.807) is 35.5 Å². The maximum atomic E-state index is 5.49. The molecule has 8 heteroatoms. The molecule has 1 aromatic carbocycles. The van der Waals surface area contributed by atoms with Gasteiger partial charge in [-0.25, -0.2) is 0 Å². The van der Waals surface area contributed by atoms with E-state index < -0.39 is 0 Å². The van der Waals surface area contributed by atoms with Gasteiger partial charge in [-0.3, -0.25) is 4.99 Å². The number of nitrogens with zero attached hydrogens (tertiary/aromatic N) is 1. The van der Waals surface area contributed by atoms with Gasteiger partial charge in [0.15, 0.2) is 17.5 Å². The van der Waals surface area contributed by atoms with E-state index in [9.17, 15) is 0 Å². The van der Waals surface area contributed by atoms with Crippen molar-refractivity contribution in [1.82, 2.24) is 10.6 Å². The monoisotopic (exact) mass is 467 g/mol. The van der Waals surface area contributed by atoms with Gasteiger partial charge in [-0.1, -0.05) is 6.07 Å². The van der Waals surface area contributed by atoms with Gasteiger partial charge < -0.3 is 29.6 Å². The Morgan fingerprint density at radius 3 is 2.20 bits per heavy atom. The first-order chi connectivity index (χ1) is 11.7. The molecule has 1 rings (SSSR count). The van der Waals surface area contributed by atoms with Gasteiger partial charge in [-0.05, 0) is 18.9 Å². The number of hydrogen-bond acceptors (Lipinski definition) is 5. The van der Waals surface area contributed by atoms with Gasteiger partial charge in [-0.2, -0.15) is 0 Å². The van der Waals surface area contributed by atoms with Crippen LogP contribution >= 0.6 is 24.0 Å². The highest BCUT2D eigenvalue weighted by Crippen LogP contribution is 2.39. The molecule has 0 aromatic heterocycles. The molecule has 7 nitrogen and oxygen atoms in total. The zero-order chi connectivity index (χ0) is 17.8. The number of methoxy groups -OCH3 is 4. The quantitative estimate of drug-likeness (QED) is 0.238. The van der Waals surface area contributed by atoms with Crippen molar-refractivity contribution in [3.8, 4) is 17.2 Å². The molecule has 1 aromatic rings. The first-order valence-corrected chi connectivity index (χ1v) is 7.93. The molecule has 144 valence electrons. The van der Waals surface area contributed by atoms with Crippen LogP contribution in [0.5, 0.6) is 17.2 Å². The molecule has 0 heterocycles. The summed E-state index contributed by atoms with van der Waals surface area (Å²) in [6.45, 7) is 2.26. The first-order valence-electron chi connectivity index (χ1n) is 7.93. The van der Waals surface area contributed by atoms with E-state index in [1.807, 2.05) is 12.1 Å². The minimum Gasteiger partial charge on any atom is -0.493 e. The number of nitrogens with one attached hydrogen (secondary N) is 2. The molecule has 0 aliphatic rings. The molecule has 0 atom stereocenters. The number of hydrogen-bond donors (Lipinski definition) is 2. The molecule has 0 saturated carbocycles. The van der Waals surface area contributed by atoms with Crippen molar-refractivity contribution in [3.63, 3.8) is 0 Å². The molecule has 0 aliphatic heterocycles. The molecule has 0 unspecified atom stereocenters. The minimum atomic E-state index is 0. The van der Waals surface area contributed by atoms with Crippen molar-refractivity contribution in [3.05, 3.63) is 17.7 Å². The summed E-state index contributed by atoms with van der Waals surface area (Å²) in [4.78, 5) is 4.20. The maximum absolute atomic E-state index is 5.49. The van der Waals surface area contributed by atoms with Crippen LogP contribution in [-0.4, -0.2) is 61.1 Å². The summed E-state index contributed by atoms with van der Waals surface area (Å²) in [6.07, 6.45) is 1.70. The SMILES string of the molecule is CN=C(NCCCOC)NCCc1ccc(OC)c(OC)c1OC.I. The molecule has 25 heavy (non-hydrogen) atoms. The molecule has 0 aliphatic carbocycles. The van der Waals surface area contributed by atoms with E-state index in [0.717, 1.165) is 44.1 Å². The summed E-state index contributed by atoms with van der Waals surface area (Å²) in [6, 6.07) is 3.87. The van der Waals surface area contributed by atoms with Gasteiger partial charge in [0.25, 0.3) is 0 Å². The van der Waals surface area contributed by atoms with E-state index in [1.165, 1.54) is 0 Å². The summed E-state index contributed by atoms with van der Waals surface area (Å²) in [5, 5.41) is 6.53. The lowest BCUT2D eigenvalue weighted by atomic mass is 10.1. The standard InChI is InChI=1S/C17H29N3O4.HI/c1-18-17(19-10-6-12-21-2)20-11-9-13-7-8-14(22-3)16(24-5)15(13)23-4;/h7-8H,6,9-12H2,1-5H3,(H2,18,19,20);1H. The van der Waals surface area contributed by atoms with Crippen LogP contribution < -0.4 is 24.8 Å². The van der Waals surface area contributed by atoms with Gasteiger partial charge in [-0.15, -0.1) is 24.0 Å². The average molecular weight is 467 g/mol. The highest BCUT2D eigenvalue weighted by Gasteiger charge is 2.15. The lowest BCUT2D eigenvalue weighted by Gasteiger charge is -2.16. The Labute approximate surface area is 167 Å². The van der Waals surface area contributed by atoms with Crippen molar-refractivity contribution in [2.24, 2.45) is 4.99 Å². The van der Waals surface area contributed by atoms with Crippen LogP contribution in [0.25, 0.3) is 0 Å². The molecular formula is C17H30IN3O4. The van der Waals surface area contributed by atoms with Crippen molar-refractivity contribution in [2.45, 2.75) is 12.8 Å². The summed E-state index contributed by atoms with van der Waals surface area (Å²) >= 11 is 0. The summed E-state index contributed by atoms with van der Waals surface area (Å²) in [5.74, 6) is 2.73. The van der Waals surface area contributed by atoms with Crippen molar-refractivity contribution < 1.29 is 18.9 Å². The summed E-state index contributed by atoms with van der Waals surface area (Å²) in [5.41, 5.74) is 1.04. The second kappa shape index (κ2) is 13.8. The predicted molar refractivity (Wildman–Crippen MR) is 111 cm³/mol. The third-order valence-electron chi connectivity index (χ3n) is 3.51. The fourth-order valence-electron chi connectivity index (χ4n) is 2.32. The molecule has 0 fully saturated rings. The zero-order valence-corrected chi connectivity index (χ0v) is 18.0. The molecule has 0 radical (unpaired) electrons. The fraction of sp³-hybridized carbons (Fsp3) is 0.588. The minimum absolute atomic E-state index is 0. The summed E-state index contributed by atoms with van der Waals surface area (Å²) in [7, 11) is 8.29. The molecule has 0 saturated heterocycles. The molecule has 2 N–H and O–H groups in total. The van der Waals surface area contributed by atoms with E-state index >= 15 is 0 Å². The predicted octanol–water partition coefficient (Wildman–Crippen LogP) is 2.07. The number of rotatable bonds is 10. The number of halogens is 1. The Bertz CT molecular complexity index is 527. The van der Waals surface area contributed by atoms with Gasteiger partial charge in [0.2, 0.25) is 5.75 Å². The van der Waals surface area contributed by atoms with Crippen LogP contribution in [0.3, 0.4) is 0 Å². The number of aliphatic imine (C=N–C) groups is 1. The highest BCUT2D eigenvalue weighted by atomic mass is 127. The Kier molecular flexibility index (Phi) is 13.0. The van der Waals surface area contributed by atoms with E-state index in [0.29, 0.717) is 17.2 Å². The van der Waals surface area contributed by atoms with Crippen molar-refractivity contribution in [2.75, 3.05) is 55.2 Å². The van der Waals surface area contributed by atoms with Crippen molar-refractivity contribution >= 4 is 29.9 Å². The Morgan fingerprint density at radius 2 is 1.64 bits per heavy atom. The fourth-order valence-corrected chi connectivity index (χ4v) is 2.32. The molecule has 0 spiro atoms. The van der Waals surface area contributed by atoms with Crippen LogP contribution in [-0.2, 0) is 11.2 Å². The topological polar surface area (TPSA) is 73.3 Å². The number of guanidine groups is 1. The maximum Gasteiger partial charge on any atom is 0.203 e. The average Bonchev–Trinajstić information content (AvgIpc) is 2.62. The van der Waals surface area contributed by atoms with E-state index in [2.05, 4.69) is 15.6 Å². The smallest absolute Gasteiger partial charge is 0.203 e. The largest absolute Gasteiger partial charge is 0.493 e. The zero-order valence-electron chi connectivity index (χ0n) is 15.7. The third kappa shape index (κ3) is 7.55. The van der Waals surface area contributed by atoms with Gasteiger partial charge in [0.05, 0.1) is 21.3 Å². The normalized spacial score (nSPS) is 10.7. The van der Waals surface area contributed by atoms with E-state index in [-0.39, 0.29) is 24.0 Å². The second-order valence-electron chi connectivity index (χ2n) is 5.02. The number of benzene rings is 1. The Balaban J connectivity index is 0.00000576. The lowest BCUT2D eigenvalue weighted by Crippen LogP contribution is -2.39. The summed E-state index contributed by atoms with van der Waals surface area (Å²) < 4.78 is 21.2. The third-order valence-corrected chi connectivity index (χ3v) is 3.51.